The van der Waals surface area contributed by atoms with Crippen LogP contribution >= 0.6 is 33.9 Å². The van der Waals surface area contributed by atoms with Crippen molar-refractivity contribution < 1.29 is 23.8 Å². The highest BCUT2D eigenvalue weighted by molar-refractivity contribution is 14.1. The van der Waals surface area contributed by atoms with Gasteiger partial charge in [0, 0.05) is 6.92 Å². The highest BCUT2D eigenvalue weighted by atomic mass is 127. The number of ether oxygens (including phenoxy) is 3. The number of benzene rings is 2. The topological polar surface area (TPSA) is 96.2 Å². The van der Waals surface area contributed by atoms with E-state index in [4.69, 9.17) is 14.2 Å². The average Bonchev–Trinajstić information content (AvgIpc) is 3.15. The molecule has 0 unspecified atom stereocenters. The van der Waals surface area contributed by atoms with E-state index in [2.05, 4.69) is 27.6 Å². The summed E-state index contributed by atoms with van der Waals surface area (Å²) in [4.78, 5) is 43.5. The predicted molar refractivity (Wildman–Crippen MR) is 153 cm³/mol. The summed E-state index contributed by atoms with van der Waals surface area (Å²) in [5.41, 5.74) is 3.14. The molecule has 1 atom stereocenters. The van der Waals surface area contributed by atoms with Crippen LogP contribution in [0.1, 0.15) is 50.4 Å². The molecule has 0 spiro atoms. The molecular weight excluding hydrogens is 619 g/mol. The Bertz CT molecular complexity index is 1620. The van der Waals surface area contributed by atoms with Gasteiger partial charge in [0.1, 0.15) is 0 Å². The third-order valence-corrected chi connectivity index (χ3v) is 7.57. The van der Waals surface area contributed by atoms with Crippen molar-refractivity contribution in [1.29, 1.82) is 0 Å². The van der Waals surface area contributed by atoms with Crippen LogP contribution in [0.5, 0.6) is 11.5 Å². The molecule has 38 heavy (non-hydrogen) atoms. The van der Waals surface area contributed by atoms with Crippen LogP contribution in [0.15, 0.2) is 57.5 Å². The molecule has 2 heterocycles. The number of aromatic nitrogens is 1. The molecule has 10 heteroatoms. The number of esters is 2. The number of rotatable bonds is 7. The van der Waals surface area contributed by atoms with Crippen molar-refractivity contribution in [2.24, 2.45) is 4.99 Å². The lowest BCUT2D eigenvalue weighted by molar-refractivity contribution is -0.139. The Hall–Kier alpha value is -3.25. The van der Waals surface area contributed by atoms with Gasteiger partial charge in [0.2, 0.25) is 0 Å². The molecule has 0 saturated heterocycles. The van der Waals surface area contributed by atoms with Crippen LogP contribution in [0.4, 0.5) is 0 Å². The Morgan fingerprint density at radius 1 is 1.13 bits per heavy atom. The van der Waals surface area contributed by atoms with Crippen LogP contribution in [-0.2, 0) is 14.3 Å². The molecule has 0 aliphatic carbocycles. The number of carbonyl (C=O) groups excluding carboxylic acids is 2. The Morgan fingerprint density at radius 2 is 1.84 bits per heavy atom. The highest BCUT2D eigenvalue weighted by Gasteiger charge is 2.33. The fourth-order valence-corrected chi connectivity index (χ4v) is 5.97. The molecule has 4 rings (SSSR count). The zero-order chi connectivity index (χ0) is 27.6. The maximum absolute atomic E-state index is 13.8. The van der Waals surface area contributed by atoms with Gasteiger partial charge in [-0.3, -0.25) is 14.2 Å². The van der Waals surface area contributed by atoms with Crippen LogP contribution in [0.3, 0.4) is 0 Å². The Labute approximate surface area is 237 Å². The molecule has 2 aromatic carbocycles. The molecule has 0 bridgehead atoms. The first-order valence-electron chi connectivity index (χ1n) is 12.1. The van der Waals surface area contributed by atoms with Crippen molar-refractivity contribution in [3.63, 3.8) is 0 Å². The number of fused-ring (bicyclic) bond motifs is 1. The van der Waals surface area contributed by atoms with Crippen molar-refractivity contribution in [2.45, 2.75) is 40.7 Å². The van der Waals surface area contributed by atoms with Gasteiger partial charge in [0.25, 0.3) is 5.56 Å². The molecule has 1 aliphatic heterocycles. The van der Waals surface area contributed by atoms with Crippen molar-refractivity contribution in [3.8, 4) is 11.5 Å². The molecule has 1 aromatic heterocycles. The van der Waals surface area contributed by atoms with Crippen LogP contribution in [0.2, 0.25) is 0 Å². The molecule has 0 radical (unpaired) electrons. The summed E-state index contributed by atoms with van der Waals surface area (Å²) in [5, 5.41) is 0. The first kappa shape index (κ1) is 27.8. The number of thiazole rings is 1. The number of aryl methyl sites for hydroxylation is 1. The van der Waals surface area contributed by atoms with E-state index >= 15 is 0 Å². The van der Waals surface area contributed by atoms with Gasteiger partial charge in [-0.2, -0.15) is 0 Å². The lowest BCUT2D eigenvalue weighted by atomic mass is 9.95. The van der Waals surface area contributed by atoms with Gasteiger partial charge in [0.15, 0.2) is 16.3 Å². The number of carbonyl (C=O) groups is 2. The lowest BCUT2D eigenvalue weighted by Gasteiger charge is -2.24. The Morgan fingerprint density at radius 3 is 2.47 bits per heavy atom. The van der Waals surface area contributed by atoms with Crippen molar-refractivity contribution in [1.82, 2.24) is 4.57 Å². The van der Waals surface area contributed by atoms with Gasteiger partial charge >= 0.3 is 11.9 Å². The van der Waals surface area contributed by atoms with E-state index in [1.807, 2.05) is 44.2 Å². The minimum Gasteiger partial charge on any atom is -0.490 e. The summed E-state index contributed by atoms with van der Waals surface area (Å²) >= 11 is 3.32. The number of hydrogen-bond donors (Lipinski definition) is 0. The minimum absolute atomic E-state index is 0.213. The summed E-state index contributed by atoms with van der Waals surface area (Å²) in [6.07, 6.45) is 1.75. The van der Waals surface area contributed by atoms with Gasteiger partial charge in [0.05, 0.1) is 38.6 Å². The van der Waals surface area contributed by atoms with Crippen molar-refractivity contribution in [2.75, 3.05) is 13.2 Å². The fraction of sp³-hybridized carbons (Fsp3) is 0.286. The first-order chi connectivity index (χ1) is 18.1. The van der Waals surface area contributed by atoms with E-state index in [1.54, 1.807) is 30.6 Å². The molecule has 0 amide bonds. The van der Waals surface area contributed by atoms with Crippen LogP contribution < -0.4 is 24.4 Å². The standard InChI is InChI=1S/C28H27IN2O6S/c1-6-35-21-13-18(12-20(29)25(21)37-17(5)32)14-22-26(33)31-24(19-10-8-15(3)9-11-19)23(27(34)36-7-2)16(4)30-28(31)38-22/h8-14,24H,6-7H2,1-5H3/b22-14-/t24-/m0/s1. The molecule has 198 valence electrons. The van der Waals surface area contributed by atoms with E-state index < -0.39 is 18.0 Å². The van der Waals surface area contributed by atoms with Crippen LogP contribution in [0.25, 0.3) is 6.08 Å². The van der Waals surface area contributed by atoms with Crippen LogP contribution in [-0.4, -0.2) is 29.7 Å². The number of allylic oxidation sites excluding steroid dienone is 1. The zero-order valence-electron chi connectivity index (χ0n) is 21.7. The quantitative estimate of drug-likeness (QED) is 0.219. The summed E-state index contributed by atoms with van der Waals surface area (Å²) < 4.78 is 19.1. The van der Waals surface area contributed by atoms with E-state index in [0.29, 0.717) is 47.8 Å². The summed E-state index contributed by atoms with van der Waals surface area (Å²) in [7, 11) is 0. The SMILES string of the molecule is CCOC(=O)C1=C(C)N=c2s/c(=C\c3cc(I)c(OC(C)=O)c(OCC)c3)c(=O)n2[C@H]1c1ccc(C)cc1. The maximum Gasteiger partial charge on any atom is 0.338 e. The first-order valence-corrected chi connectivity index (χ1v) is 13.9. The molecule has 1 aliphatic rings. The number of halogens is 1. The fourth-order valence-electron chi connectivity index (χ4n) is 4.18. The van der Waals surface area contributed by atoms with Gasteiger partial charge in [-0.15, -0.1) is 0 Å². The highest BCUT2D eigenvalue weighted by Crippen LogP contribution is 2.35. The second-order valence-corrected chi connectivity index (χ2v) is 10.7. The Kier molecular flexibility index (Phi) is 8.51. The molecule has 0 saturated carbocycles. The van der Waals surface area contributed by atoms with Gasteiger partial charge in [-0.25, -0.2) is 9.79 Å². The normalized spacial score (nSPS) is 15.1. The van der Waals surface area contributed by atoms with Crippen LogP contribution in [0, 0.1) is 10.5 Å². The van der Waals surface area contributed by atoms with Crippen molar-refractivity contribution >= 4 is 51.9 Å². The lowest BCUT2D eigenvalue weighted by Crippen LogP contribution is -2.39. The minimum atomic E-state index is -0.668. The van der Waals surface area contributed by atoms with E-state index in [9.17, 15) is 14.4 Å². The smallest absolute Gasteiger partial charge is 0.338 e. The molecule has 3 aromatic rings. The third kappa shape index (κ3) is 5.60. The molecular formula is C28H27IN2O6S. The predicted octanol–water partition coefficient (Wildman–Crippen LogP) is 4.04. The summed E-state index contributed by atoms with van der Waals surface area (Å²) in [6, 6.07) is 10.6. The number of hydrogen-bond acceptors (Lipinski definition) is 8. The van der Waals surface area contributed by atoms with Crippen molar-refractivity contribution in [3.05, 3.63) is 87.6 Å². The second kappa shape index (κ2) is 11.6. The summed E-state index contributed by atoms with van der Waals surface area (Å²) in [6.45, 7) is 9.24. The third-order valence-electron chi connectivity index (χ3n) is 5.79. The maximum atomic E-state index is 13.8. The van der Waals surface area contributed by atoms with E-state index in [-0.39, 0.29) is 12.2 Å². The molecule has 0 N–H and O–H groups in total. The zero-order valence-corrected chi connectivity index (χ0v) is 24.6. The largest absolute Gasteiger partial charge is 0.490 e. The van der Waals surface area contributed by atoms with Gasteiger partial charge in [-0.05, 0) is 79.6 Å². The molecule has 8 nitrogen and oxygen atoms in total. The summed E-state index contributed by atoms with van der Waals surface area (Å²) in [5.74, 6) is -0.196. The van der Waals surface area contributed by atoms with E-state index in [1.165, 1.54) is 18.3 Å². The van der Waals surface area contributed by atoms with Gasteiger partial charge < -0.3 is 14.2 Å². The van der Waals surface area contributed by atoms with Gasteiger partial charge in [-0.1, -0.05) is 41.2 Å². The van der Waals surface area contributed by atoms with E-state index in [0.717, 1.165) is 11.1 Å². The average molecular weight is 647 g/mol. The number of nitrogens with zero attached hydrogens (tertiary/aromatic N) is 2. The Balaban J connectivity index is 1.91. The second-order valence-electron chi connectivity index (χ2n) is 8.57. The molecule has 0 fully saturated rings. The monoisotopic (exact) mass is 646 g/mol.